The van der Waals surface area contributed by atoms with Crippen molar-refractivity contribution in [2.75, 3.05) is 4.90 Å². The van der Waals surface area contributed by atoms with Crippen molar-refractivity contribution in [3.8, 4) is 0 Å². The molecule has 1 N–H and O–H groups in total. The molecular weight excluding hydrogens is 324 g/mol. The minimum absolute atomic E-state index is 0.276. The van der Waals surface area contributed by atoms with E-state index in [0.717, 1.165) is 16.8 Å². The Morgan fingerprint density at radius 2 is 1.15 bits per heavy atom. The highest BCUT2D eigenvalue weighted by Gasteiger charge is 2.43. The van der Waals surface area contributed by atoms with Gasteiger partial charge in [0.1, 0.15) is 0 Å². The number of hydrogen-bond donors (Lipinski definition) is 1. The van der Waals surface area contributed by atoms with Gasteiger partial charge in [-0.15, -0.1) is 0 Å². The van der Waals surface area contributed by atoms with Crippen molar-refractivity contribution in [1.29, 1.82) is 0 Å². The second-order valence-electron chi connectivity index (χ2n) is 6.24. The Hall–Kier alpha value is -3.40. The summed E-state index contributed by atoms with van der Waals surface area (Å²) in [7, 11) is 0. The van der Waals surface area contributed by atoms with Gasteiger partial charge in [0.05, 0.1) is 12.0 Å². The van der Waals surface area contributed by atoms with Gasteiger partial charge in [-0.2, -0.15) is 0 Å². The summed E-state index contributed by atoms with van der Waals surface area (Å²) in [5.74, 6) is -0.765. The van der Waals surface area contributed by atoms with Crippen molar-refractivity contribution in [3.05, 3.63) is 102 Å². The predicted molar refractivity (Wildman–Crippen MR) is 101 cm³/mol. The number of nitrogens with one attached hydrogen (secondary N) is 1. The number of para-hydroxylation sites is 1. The van der Waals surface area contributed by atoms with Crippen LogP contribution in [0.5, 0.6) is 0 Å². The van der Waals surface area contributed by atoms with Crippen LogP contribution in [-0.4, -0.2) is 11.9 Å². The van der Waals surface area contributed by atoms with Crippen LogP contribution < -0.4 is 10.2 Å². The molecule has 3 aromatic carbocycles. The summed E-state index contributed by atoms with van der Waals surface area (Å²) < 4.78 is 0. The normalized spacial score (nSPS) is 19.9. The Morgan fingerprint density at radius 1 is 0.654 bits per heavy atom. The molecule has 1 fully saturated rings. The standard InChI is InChI=1S/C22H18N2O2/c25-21-19(16-10-4-1-5-11-16)20(17-12-6-2-7-13-17)24(22(26)23-21)18-14-8-3-9-15-18/h1-15,19-20H,(H,23,25,26). The van der Waals surface area contributed by atoms with Crippen molar-refractivity contribution >= 4 is 17.6 Å². The lowest BCUT2D eigenvalue weighted by Crippen LogP contribution is -2.55. The van der Waals surface area contributed by atoms with Crippen LogP contribution in [0.3, 0.4) is 0 Å². The number of anilines is 1. The summed E-state index contributed by atoms with van der Waals surface area (Å²) in [6.45, 7) is 0. The van der Waals surface area contributed by atoms with E-state index in [1.54, 1.807) is 4.90 Å². The molecule has 1 saturated heterocycles. The van der Waals surface area contributed by atoms with Gasteiger partial charge in [0.2, 0.25) is 5.91 Å². The Bertz CT molecular complexity index is 853. The Kier molecular flexibility index (Phi) is 4.23. The number of rotatable bonds is 3. The molecule has 3 aromatic rings. The van der Waals surface area contributed by atoms with Crippen LogP contribution >= 0.6 is 0 Å². The number of benzene rings is 3. The number of urea groups is 1. The molecule has 0 radical (unpaired) electrons. The number of nitrogens with zero attached hydrogens (tertiary/aromatic N) is 1. The Balaban J connectivity index is 1.89. The SMILES string of the molecule is O=C1NC(=O)N(c2ccccc2)C(c2ccccc2)C1c1ccccc1. The maximum atomic E-state index is 12.8. The molecule has 0 spiro atoms. The lowest BCUT2D eigenvalue weighted by molar-refractivity contribution is -0.122. The summed E-state index contributed by atoms with van der Waals surface area (Å²) in [5.41, 5.74) is 2.56. The minimum atomic E-state index is -0.489. The molecule has 4 nitrogen and oxygen atoms in total. The van der Waals surface area contributed by atoms with Crippen molar-refractivity contribution in [3.63, 3.8) is 0 Å². The van der Waals surface area contributed by atoms with E-state index in [2.05, 4.69) is 5.32 Å². The average molecular weight is 342 g/mol. The highest BCUT2D eigenvalue weighted by atomic mass is 16.2. The summed E-state index contributed by atoms with van der Waals surface area (Å²) in [4.78, 5) is 27.2. The number of carbonyl (C=O) groups is 2. The summed E-state index contributed by atoms with van der Waals surface area (Å²) in [6, 6.07) is 27.9. The number of amides is 3. The first-order chi connectivity index (χ1) is 12.8. The van der Waals surface area contributed by atoms with Gasteiger partial charge in [0, 0.05) is 5.69 Å². The lowest BCUT2D eigenvalue weighted by Gasteiger charge is -2.40. The smallest absolute Gasteiger partial charge is 0.286 e. The molecule has 0 bridgehead atoms. The number of hydrogen-bond acceptors (Lipinski definition) is 2. The zero-order valence-electron chi connectivity index (χ0n) is 14.1. The van der Waals surface area contributed by atoms with Crippen molar-refractivity contribution in [1.82, 2.24) is 5.32 Å². The van der Waals surface area contributed by atoms with Gasteiger partial charge in [-0.3, -0.25) is 15.0 Å². The van der Waals surface area contributed by atoms with Crippen LogP contribution in [0.15, 0.2) is 91.0 Å². The Morgan fingerprint density at radius 3 is 1.73 bits per heavy atom. The van der Waals surface area contributed by atoms with Gasteiger partial charge in [-0.25, -0.2) is 4.79 Å². The number of imide groups is 1. The predicted octanol–water partition coefficient (Wildman–Crippen LogP) is 4.27. The number of carbonyl (C=O) groups excluding carboxylic acids is 2. The molecular formula is C22H18N2O2. The van der Waals surface area contributed by atoms with Crippen LogP contribution in [-0.2, 0) is 4.79 Å². The molecule has 4 heteroatoms. The lowest BCUT2D eigenvalue weighted by atomic mass is 9.83. The highest BCUT2D eigenvalue weighted by molar-refractivity contribution is 6.09. The van der Waals surface area contributed by atoms with E-state index >= 15 is 0 Å². The third-order valence-corrected chi connectivity index (χ3v) is 4.66. The third kappa shape index (κ3) is 2.86. The van der Waals surface area contributed by atoms with Crippen LogP contribution in [0.2, 0.25) is 0 Å². The molecule has 1 aliphatic heterocycles. The third-order valence-electron chi connectivity index (χ3n) is 4.66. The second-order valence-corrected chi connectivity index (χ2v) is 6.24. The monoisotopic (exact) mass is 342 g/mol. The fourth-order valence-electron chi connectivity index (χ4n) is 3.51. The van der Waals surface area contributed by atoms with E-state index in [1.165, 1.54) is 0 Å². The molecule has 3 amide bonds. The molecule has 1 aliphatic rings. The first-order valence-corrected chi connectivity index (χ1v) is 8.55. The van der Waals surface area contributed by atoms with Crippen molar-refractivity contribution in [2.45, 2.75) is 12.0 Å². The fraction of sp³-hybridized carbons (Fsp3) is 0.0909. The molecule has 4 rings (SSSR count). The van der Waals surface area contributed by atoms with Gasteiger partial charge in [-0.05, 0) is 23.3 Å². The van der Waals surface area contributed by atoms with E-state index < -0.39 is 18.0 Å². The first-order valence-electron chi connectivity index (χ1n) is 8.55. The van der Waals surface area contributed by atoms with Crippen LogP contribution in [0.25, 0.3) is 0 Å². The average Bonchev–Trinajstić information content (AvgIpc) is 2.69. The highest BCUT2D eigenvalue weighted by Crippen LogP contribution is 2.41. The van der Waals surface area contributed by atoms with Crippen molar-refractivity contribution in [2.24, 2.45) is 0 Å². The molecule has 0 aromatic heterocycles. The molecule has 0 saturated carbocycles. The van der Waals surface area contributed by atoms with Gasteiger partial charge >= 0.3 is 6.03 Å². The first kappa shape index (κ1) is 16.1. The largest absolute Gasteiger partial charge is 0.329 e. The van der Waals surface area contributed by atoms with E-state index in [4.69, 9.17) is 0 Å². The maximum Gasteiger partial charge on any atom is 0.329 e. The molecule has 1 heterocycles. The van der Waals surface area contributed by atoms with Gasteiger partial charge in [0.25, 0.3) is 0 Å². The topological polar surface area (TPSA) is 49.4 Å². The summed E-state index contributed by atoms with van der Waals surface area (Å²) >= 11 is 0. The zero-order valence-corrected chi connectivity index (χ0v) is 14.1. The van der Waals surface area contributed by atoms with Crippen molar-refractivity contribution < 1.29 is 9.59 Å². The minimum Gasteiger partial charge on any atom is -0.286 e. The summed E-state index contributed by atoms with van der Waals surface area (Å²) in [5, 5.41) is 2.52. The quantitative estimate of drug-likeness (QED) is 0.773. The van der Waals surface area contributed by atoms with Gasteiger partial charge in [0.15, 0.2) is 0 Å². The summed E-state index contributed by atoms with van der Waals surface area (Å²) in [6.07, 6.45) is 0. The molecule has 2 atom stereocenters. The maximum absolute atomic E-state index is 12.8. The van der Waals surface area contributed by atoms with Crippen LogP contribution in [0.4, 0.5) is 10.5 Å². The Labute approximate surface area is 152 Å². The second kappa shape index (κ2) is 6.84. The molecule has 0 aliphatic carbocycles. The van der Waals surface area contributed by atoms with E-state index in [-0.39, 0.29) is 5.91 Å². The molecule has 2 unspecified atom stereocenters. The fourth-order valence-corrected chi connectivity index (χ4v) is 3.51. The van der Waals surface area contributed by atoms with E-state index in [1.807, 2.05) is 91.0 Å². The van der Waals surface area contributed by atoms with E-state index in [9.17, 15) is 9.59 Å². The van der Waals surface area contributed by atoms with Crippen LogP contribution in [0, 0.1) is 0 Å². The van der Waals surface area contributed by atoms with E-state index in [0.29, 0.717) is 0 Å². The zero-order chi connectivity index (χ0) is 17.9. The molecule has 26 heavy (non-hydrogen) atoms. The molecule has 128 valence electrons. The van der Waals surface area contributed by atoms with Gasteiger partial charge < -0.3 is 0 Å². The van der Waals surface area contributed by atoms with Gasteiger partial charge in [-0.1, -0.05) is 78.9 Å². The van der Waals surface area contributed by atoms with Crippen LogP contribution in [0.1, 0.15) is 23.1 Å².